The molecule has 0 saturated heterocycles. The number of rotatable bonds is 4. The van der Waals surface area contributed by atoms with Crippen LogP contribution < -0.4 is 16.2 Å². The van der Waals surface area contributed by atoms with Crippen LogP contribution in [-0.2, 0) is 11.3 Å². The third-order valence-corrected chi connectivity index (χ3v) is 3.70. The number of aromatic nitrogens is 2. The first-order chi connectivity index (χ1) is 12.1. The van der Waals surface area contributed by atoms with Gasteiger partial charge in [-0.2, -0.15) is 0 Å². The van der Waals surface area contributed by atoms with Crippen LogP contribution in [0.4, 0.5) is 5.69 Å². The maximum Gasteiger partial charge on any atom is 0.261 e. The predicted octanol–water partition coefficient (Wildman–Crippen LogP) is 1.39. The number of para-hydroxylation sites is 1. The summed E-state index contributed by atoms with van der Waals surface area (Å²) in [5.41, 5.74) is 1.36. The number of hydrogen-bond donors (Lipinski definition) is 2. The maximum absolute atomic E-state index is 12.4. The van der Waals surface area contributed by atoms with E-state index in [4.69, 9.17) is 0 Å². The van der Waals surface area contributed by atoms with E-state index in [1.54, 1.807) is 55.6 Å². The van der Waals surface area contributed by atoms with Crippen LogP contribution in [0.1, 0.15) is 10.4 Å². The van der Waals surface area contributed by atoms with Crippen molar-refractivity contribution in [2.45, 2.75) is 6.54 Å². The van der Waals surface area contributed by atoms with Gasteiger partial charge in [-0.05, 0) is 36.4 Å². The molecule has 0 aliphatic heterocycles. The molecule has 126 valence electrons. The van der Waals surface area contributed by atoms with Crippen molar-refractivity contribution in [3.63, 3.8) is 0 Å². The minimum atomic E-state index is -0.355. The lowest BCUT2D eigenvalue weighted by atomic mass is 10.2. The van der Waals surface area contributed by atoms with Crippen LogP contribution in [0, 0.1) is 0 Å². The Balaban J connectivity index is 1.73. The second kappa shape index (κ2) is 6.96. The molecule has 0 fully saturated rings. The van der Waals surface area contributed by atoms with Crippen molar-refractivity contribution in [1.29, 1.82) is 0 Å². The molecule has 0 unspecified atom stereocenters. The number of anilines is 1. The Hall–Kier alpha value is -3.48. The predicted molar refractivity (Wildman–Crippen MR) is 94.5 cm³/mol. The normalized spacial score (nSPS) is 10.4. The molecule has 25 heavy (non-hydrogen) atoms. The number of amides is 2. The molecule has 7 nitrogen and oxygen atoms in total. The van der Waals surface area contributed by atoms with Crippen LogP contribution in [0.2, 0.25) is 0 Å². The first-order valence-electron chi connectivity index (χ1n) is 7.64. The van der Waals surface area contributed by atoms with E-state index in [-0.39, 0.29) is 23.9 Å². The minimum Gasteiger partial charge on any atom is -0.355 e. The summed E-state index contributed by atoms with van der Waals surface area (Å²) in [5, 5.41) is 5.68. The molecule has 0 bridgehead atoms. The molecule has 1 heterocycles. The van der Waals surface area contributed by atoms with Gasteiger partial charge in [-0.15, -0.1) is 0 Å². The molecule has 7 heteroatoms. The van der Waals surface area contributed by atoms with Crippen LogP contribution in [0.5, 0.6) is 0 Å². The fourth-order valence-electron chi connectivity index (χ4n) is 2.42. The lowest BCUT2D eigenvalue weighted by Gasteiger charge is -2.08. The zero-order chi connectivity index (χ0) is 17.8. The molecule has 3 rings (SSSR count). The number of nitrogens with one attached hydrogen (secondary N) is 2. The van der Waals surface area contributed by atoms with Gasteiger partial charge in [-0.25, -0.2) is 4.98 Å². The zero-order valence-electron chi connectivity index (χ0n) is 13.5. The molecule has 0 aliphatic rings. The Morgan fingerprint density at radius 3 is 2.52 bits per heavy atom. The van der Waals surface area contributed by atoms with Gasteiger partial charge in [0.1, 0.15) is 6.54 Å². The van der Waals surface area contributed by atoms with Crippen molar-refractivity contribution in [2.75, 3.05) is 12.4 Å². The van der Waals surface area contributed by atoms with Crippen molar-refractivity contribution in [1.82, 2.24) is 14.9 Å². The molecular formula is C18H16N4O3. The molecule has 2 aromatic carbocycles. The smallest absolute Gasteiger partial charge is 0.261 e. The highest BCUT2D eigenvalue weighted by atomic mass is 16.2. The summed E-state index contributed by atoms with van der Waals surface area (Å²) < 4.78 is 1.26. The van der Waals surface area contributed by atoms with E-state index in [1.165, 1.54) is 10.9 Å². The molecule has 0 saturated carbocycles. The molecule has 0 spiro atoms. The van der Waals surface area contributed by atoms with Crippen LogP contribution in [0.25, 0.3) is 10.9 Å². The summed E-state index contributed by atoms with van der Waals surface area (Å²) in [6.07, 6.45) is 1.36. The lowest BCUT2D eigenvalue weighted by molar-refractivity contribution is -0.116. The summed E-state index contributed by atoms with van der Waals surface area (Å²) >= 11 is 0. The van der Waals surface area contributed by atoms with Gasteiger partial charge < -0.3 is 10.6 Å². The van der Waals surface area contributed by atoms with E-state index in [1.807, 2.05) is 0 Å². The number of fused-ring (bicyclic) bond motifs is 1. The van der Waals surface area contributed by atoms with Crippen LogP contribution >= 0.6 is 0 Å². The fraction of sp³-hybridized carbons (Fsp3) is 0.111. The Morgan fingerprint density at radius 2 is 1.80 bits per heavy atom. The zero-order valence-corrected chi connectivity index (χ0v) is 13.5. The van der Waals surface area contributed by atoms with Crippen molar-refractivity contribution in [3.8, 4) is 0 Å². The van der Waals surface area contributed by atoms with Gasteiger partial charge in [0, 0.05) is 18.3 Å². The molecule has 3 aromatic rings. The molecule has 0 aliphatic carbocycles. The quantitative estimate of drug-likeness (QED) is 0.753. The molecular weight excluding hydrogens is 320 g/mol. The van der Waals surface area contributed by atoms with Gasteiger partial charge in [0.05, 0.1) is 17.2 Å². The number of carbonyl (C=O) groups is 2. The second-order valence-corrected chi connectivity index (χ2v) is 5.40. The van der Waals surface area contributed by atoms with Crippen LogP contribution in [0.15, 0.2) is 59.7 Å². The number of hydrogen-bond acceptors (Lipinski definition) is 4. The average molecular weight is 336 g/mol. The van der Waals surface area contributed by atoms with Crippen molar-refractivity contribution >= 4 is 28.4 Å². The first-order valence-corrected chi connectivity index (χ1v) is 7.64. The topological polar surface area (TPSA) is 93.1 Å². The van der Waals surface area contributed by atoms with E-state index in [0.717, 1.165) is 0 Å². The van der Waals surface area contributed by atoms with Gasteiger partial charge in [0.25, 0.3) is 11.5 Å². The second-order valence-electron chi connectivity index (χ2n) is 5.40. The van der Waals surface area contributed by atoms with Crippen molar-refractivity contribution in [2.24, 2.45) is 0 Å². The standard InChI is InChI=1S/C18H16N4O3/c1-19-17(24)12-6-8-13(9-7-12)21-16(23)10-22-11-20-15-5-3-2-4-14(15)18(22)25/h2-9,11H,10H2,1H3,(H,19,24)(H,21,23). The van der Waals surface area contributed by atoms with Crippen molar-refractivity contribution in [3.05, 3.63) is 70.8 Å². The van der Waals surface area contributed by atoms with E-state index in [2.05, 4.69) is 15.6 Å². The van der Waals surface area contributed by atoms with Gasteiger partial charge in [-0.1, -0.05) is 12.1 Å². The Morgan fingerprint density at radius 1 is 1.08 bits per heavy atom. The molecule has 1 aromatic heterocycles. The monoisotopic (exact) mass is 336 g/mol. The third kappa shape index (κ3) is 3.55. The highest BCUT2D eigenvalue weighted by molar-refractivity contribution is 5.95. The number of nitrogens with zero attached hydrogens (tertiary/aromatic N) is 2. The fourth-order valence-corrected chi connectivity index (χ4v) is 2.42. The van der Waals surface area contributed by atoms with Gasteiger partial charge in [0.2, 0.25) is 5.91 Å². The van der Waals surface area contributed by atoms with E-state index >= 15 is 0 Å². The van der Waals surface area contributed by atoms with Crippen LogP contribution in [0.3, 0.4) is 0 Å². The molecule has 0 radical (unpaired) electrons. The maximum atomic E-state index is 12.4. The molecule has 2 amide bonds. The lowest BCUT2D eigenvalue weighted by Crippen LogP contribution is -2.27. The SMILES string of the molecule is CNC(=O)c1ccc(NC(=O)Cn2cnc3ccccc3c2=O)cc1. The van der Waals surface area contributed by atoms with E-state index in [9.17, 15) is 14.4 Å². The van der Waals surface area contributed by atoms with E-state index < -0.39 is 0 Å². The van der Waals surface area contributed by atoms with Gasteiger partial charge in [0.15, 0.2) is 0 Å². The minimum absolute atomic E-state index is 0.145. The molecule has 0 atom stereocenters. The highest BCUT2D eigenvalue weighted by Gasteiger charge is 2.09. The first kappa shape index (κ1) is 16.4. The van der Waals surface area contributed by atoms with Crippen molar-refractivity contribution < 1.29 is 9.59 Å². The van der Waals surface area contributed by atoms with Gasteiger partial charge in [-0.3, -0.25) is 19.0 Å². The van der Waals surface area contributed by atoms with E-state index in [0.29, 0.717) is 22.2 Å². The Labute approximate surface area is 143 Å². The summed E-state index contributed by atoms with van der Waals surface area (Å²) in [6, 6.07) is 13.5. The average Bonchev–Trinajstić information content (AvgIpc) is 2.64. The summed E-state index contributed by atoms with van der Waals surface area (Å²) in [4.78, 5) is 40.2. The van der Waals surface area contributed by atoms with Gasteiger partial charge >= 0.3 is 0 Å². The largest absolute Gasteiger partial charge is 0.355 e. The molecule has 2 N–H and O–H groups in total. The van der Waals surface area contributed by atoms with Crippen LogP contribution in [-0.4, -0.2) is 28.4 Å². The number of carbonyl (C=O) groups excluding carboxylic acids is 2. The Bertz CT molecular complexity index is 993. The number of benzene rings is 2. The third-order valence-electron chi connectivity index (χ3n) is 3.70. The summed E-state index contributed by atoms with van der Waals surface area (Å²) in [6.45, 7) is -0.145. The summed E-state index contributed by atoms with van der Waals surface area (Å²) in [5.74, 6) is -0.557. The summed E-state index contributed by atoms with van der Waals surface area (Å²) in [7, 11) is 1.55. The highest BCUT2D eigenvalue weighted by Crippen LogP contribution is 2.10. The Kier molecular flexibility index (Phi) is 4.56.